The van der Waals surface area contributed by atoms with Crippen molar-refractivity contribution >= 4 is 11.0 Å². The smallest absolute Gasteiger partial charge is 0.468 e. The summed E-state index contributed by atoms with van der Waals surface area (Å²) >= 11 is 0. The Labute approximate surface area is 170 Å². The molecule has 0 aliphatic rings. The zero-order valence-corrected chi connectivity index (χ0v) is 16.3. The number of benzene rings is 2. The van der Waals surface area contributed by atoms with Crippen molar-refractivity contribution in [2.75, 3.05) is 6.79 Å². The molecule has 0 saturated carbocycles. The predicted octanol–water partition coefficient (Wildman–Crippen LogP) is 5.42. The zero-order chi connectivity index (χ0) is 21.7. The normalized spacial score (nSPS) is 11.6. The molecule has 0 radical (unpaired) electrons. The number of fused-ring (bicyclic) bond motifs is 1. The van der Waals surface area contributed by atoms with Crippen LogP contribution in [0.25, 0.3) is 22.1 Å². The van der Waals surface area contributed by atoms with Gasteiger partial charge in [0.05, 0.1) is 5.56 Å². The molecule has 160 valence electrons. The Balaban J connectivity index is 2.06. The summed E-state index contributed by atoms with van der Waals surface area (Å²) in [7, 11) is 0. The van der Waals surface area contributed by atoms with Gasteiger partial charge in [-0.05, 0) is 42.7 Å². The molecule has 30 heavy (non-hydrogen) atoms. The molecule has 8 heteroatoms. The molecule has 2 aromatic carbocycles. The SMILES string of the molecule is CCCCCc1ccc(-c2cc3ccc(OCO)cc3oc2=O)c(OC(F)(F)F)c1. The fourth-order valence-electron chi connectivity index (χ4n) is 3.18. The number of halogens is 3. The topological polar surface area (TPSA) is 68.9 Å². The second-order valence-corrected chi connectivity index (χ2v) is 6.76. The number of hydrogen-bond donors (Lipinski definition) is 1. The zero-order valence-electron chi connectivity index (χ0n) is 16.3. The van der Waals surface area contributed by atoms with Gasteiger partial charge in [-0.1, -0.05) is 31.9 Å². The number of aliphatic hydroxyl groups is 1. The van der Waals surface area contributed by atoms with E-state index in [4.69, 9.17) is 14.3 Å². The summed E-state index contributed by atoms with van der Waals surface area (Å²) in [6.45, 7) is 1.50. The van der Waals surface area contributed by atoms with Crippen molar-refractivity contribution in [3.63, 3.8) is 0 Å². The molecule has 5 nitrogen and oxygen atoms in total. The van der Waals surface area contributed by atoms with E-state index in [1.807, 2.05) is 6.92 Å². The molecule has 0 saturated heterocycles. The molecule has 0 aliphatic carbocycles. The monoisotopic (exact) mass is 422 g/mol. The Kier molecular flexibility index (Phi) is 6.66. The van der Waals surface area contributed by atoms with Crippen molar-refractivity contribution in [1.82, 2.24) is 0 Å². The summed E-state index contributed by atoms with van der Waals surface area (Å²) in [4.78, 5) is 12.5. The number of aryl methyl sites for hydroxylation is 1. The van der Waals surface area contributed by atoms with E-state index < -0.39 is 24.5 Å². The third kappa shape index (κ3) is 5.33. The van der Waals surface area contributed by atoms with E-state index >= 15 is 0 Å². The maximum absolute atomic E-state index is 13.0. The lowest BCUT2D eigenvalue weighted by molar-refractivity contribution is -0.274. The number of unbranched alkanes of at least 4 members (excludes halogenated alkanes) is 2. The number of aliphatic hydroxyl groups excluding tert-OH is 1. The largest absolute Gasteiger partial charge is 0.573 e. The lowest BCUT2D eigenvalue weighted by Crippen LogP contribution is -2.18. The van der Waals surface area contributed by atoms with E-state index in [-0.39, 0.29) is 16.7 Å². The van der Waals surface area contributed by atoms with Crippen LogP contribution in [0.15, 0.2) is 51.7 Å². The van der Waals surface area contributed by atoms with Crippen molar-refractivity contribution < 1.29 is 32.2 Å². The fourth-order valence-corrected chi connectivity index (χ4v) is 3.18. The molecule has 1 heterocycles. The van der Waals surface area contributed by atoms with Crippen molar-refractivity contribution in [3.8, 4) is 22.6 Å². The van der Waals surface area contributed by atoms with Gasteiger partial charge in [0.25, 0.3) is 0 Å². The first-order valence-corrected chi connectivity index (χ1v) is 9.51. The van der Waals surface area contributed by atoms with E-state index in [1.54, 1.807) is 18.2 Å². The molecule has 1 aromatic heterocycles. The van der Waals surface area contributed by atoms with Crippen LogP contribution in [0.3, 0.4) is 0 Å². The van der Waals surface area contributed by atoms with Crippen LogP contribution in [-0.4, -0.2) is 18.3 Å². The van der Waals surface area contributed by atoms with Crippen LogP contribution in [0.5, 0.6) is 11.5 Å². The maximum atomic E-state index is 13.0. The van der Waals surface area contributed by atoms with Gasteiger partial charge in [-0.25, -0.2) is 4.79 Å². The van der Waals surface area contributed by atoms with E-state index in [0.29, 0.717) is 23.1 Å². The molecule has 0 unspecified atom stereocenters. The fraction of sp³-hybridized carbons (Fsp3) is 0.318. The van der Waals surface area contributed by atoms with Crippen LogP contribution in [0.4, 0.5) is 13.2 Å². The summed E-state index contributed by atoms with van der Waals surface area (Å²) in [5.74, 6) is -0.151. The lowest BCUT2D eigenvalue weighted by atomic mass is 10.00. The van der Waals surface area contributed by atoms with Crippen molar-refractivity contribution in [1.29, 1.82) is 0 Å². The summed E-state index contributed by atoms with van der Waals surface area (Å²) in [5.41, 5.74) is 0.0246. The third-order valence-corrected chi connectivity index (χ3v) is 4.57. The molecule has 0 spiro atoms. The highest BCUT2D eigenvalue weighted by Crippen LogP contribution is 2.35. The van der Waals surface area contributed by atoms with Crippen molar-refractivity contribution in [3.05, 3.63) is 58.4 Å². The van der Waals surface area contributed by atoms with E-state index in [2.05, 4.69) is 4.74 Å². The maximum Gasteiger partial charge on any atom is 0.573 e. The van der Waals surface area contributed by atoms with Crippen molar-refractivity contribution in [2.24, 2.45) is 0 Å². The highest BCUT2D eigenvalue weighted by molar-refractivity contribution is 5.84. The molecule has 1 N–H and O–H groups in total. The Morgan fingerprint density at radius 2 is 1.83 bits per heavy atom. The van der Waals surface area contributed by atoms with Gasteiger partial charge in [-0.15, -0.1) is 13.2 Å². The Morgan fingerprint density at radius 3 is 2.53 bits per heavy atom. The molecule has 0 aliphatic heterocycles. The summed E-state index contributed by atoms with van der Waals surface area (Å²) in [6, 6.07) is 10.4. The predicted molar refractivity (Wildman–Crippen MR) is 106 cm³/mol. The van der Waals surface area contributed by atoms with E-state index in [9.17, 15) is 18.0 Å². The number of alkyl halides is 3. The first-order valence-electron chi connectivity index (χ1n) is 9.51. The van der Waals surface area contributed by atoms with Crippen LogP contribution in [0.2, 0.25) is 0 Å². The van der Waals surface area contributed by atoms with Crippen LogP contribution in [-0.2, 0) is 6.42 Å². The van der Waals surface area contributed by atoms with Gasteiger partial charge < -0.3 is 19.0 Å². The first kappa shape index (κ1) is 21.7. The molecule has 0 fully saturated rings. The lowest BCUT2D eigenvalue weighted by Gasteiger charge is -2.15. The van der Waals surface area contributed by atoms with Crippen molar-refractivity contribution in [2.45, 2.75) is 39.0 Å². The molecule has 0 amide bonds. The molecule has 3 aromatic rings. The van der Waals surface area contributed by atoms with Crippen LogP contribution in [0.1, 0.15) is 31.7 Å². The quantitative estimate of drug-likeness (QED) is 0.298. The highest BCUT2D eigenvalue weighted by Gasteiger charge is 2.32. The molecular weight excluding hydrogens is 401 g/mol. The average molecular weight is 422 g/mol. The van der Waals surface area contributed by atoms with Gasteiger partial charge in [-0.2, -0.15) is 0 Å². The van der Waals surface area contributed by atoms with Gasteiger partial charge in [0, 0.05) is 17.0 Å². The highest BCUT2D eigenvalue weighted by atomic mass is 19.4. The van der Waals surface area contributed by atoms with E-state index in [0.717, 1.165) is 19.3 Å². The average Bonchev–Trinajstić information content (AvgIpc) is 2.67. The van der Waals surface area contributed by atoms with Crippen LogP contribution >= 0.6 is 0 Å². The minimum Gasteiger partial charge on any atom is -0.468 e. The van der Waals surface area contributed by atoms with Gasteiger partial charge in [0.2, 0.25) is 0 Å². The number of hydrogen-bond acceptors (Lipinski definition) is 5. The van der Waals surface area contributed by atoms with Gasteiger partial charge >= 0.3 is 12.0 Å². The van der Waals surface area contributed by atoms with Gasteiger partial charge in [0.1, 0.15) is 17.1 Å². The second-order valence-electron chi connectivity index (χ2n) is 6.76. The van der Waals surface area contributed by atoms with Gasteiger partial charge in [-0.3, -0.25) is 0 Å². The Bertz CT molecular complexity index is 1070. The minimum absolute atomic E-state index is 0.00194. The third-order valence-electron chi connectivity index (χ3n) is 4.57. The minimum atomic E-state index is -4.90. The summed E-state index contributed by atoms with van der Waals surface area (Å²) < 4.78 is 53.4. The van der Waals surface area contributed by atoms with Crippen LogP contribution in [0, 0.1) is 0 Å². The molecular formula is C22H21F3O5. The second kappa shape index (κ2) is 9.21. The molecule has 0 atom stereocenters. The van der Waals surface area contributed by atoms with Gasteiger partial charge in [0.15, 0.2) is 6.79 Å². The molecule has 0 bridgehead atoms. The van der Waals surface area contributed by atoms with Crippen LogP contribution < -0.4 is 15.1 Å². The Hall–Kier alpha value is -3.00. The first-order chi connectivity index (χ1) is 14.3. The van der Waals surface area contributed by atoms with E-state index in [1.165, 1.54) is 24.3 Å². The Morgan fingerprint density at radius 1 is 1.03 bits per heavy atom. The summed E-state index contributed by atoms with van der Waals surface area (Å²) in [6.07, 6.45) is -1.48. The number of rotatable bonds is 8. The standard InChI is InChI=1S/C22H21F3O5/c1-2-3-4-5-14-6-9-17(20(10-14)30-22(23,24)25)18-11-15-7-8-16(28-13-26)12-19(15)29-21(18)27/h6-12,26H,2-5,13H2,1H3. The number of ether oxygens (including phenoxy) is 2. The molecule has 3 rings (SSSR count). The summed E-state index contributed by atoms with van der Waals surface area (Å²) in [5, 5.41) is 9.32.